The zero-order valence-corrected chi connectivity index (χ0v) is 34.2. The number of aryl methyl sites for hydroxylation is 2. The van der Waals surface area contributed by atoms with Crippen LogP contribution >= 0.6 is 23.2 Å². The summed E-state index contributed by atoms with van der Waals surface area (Å²) in [5, 5.41) is 16.5. The number of hydrogen-bond acceptors (Lipinski definition) is 9. The highest BCUT2D eigenvalue weighted by Gasteiger charge is 2.20. The highest BCUT2D eigenvalue weighted by atomic mass is 35.5. The number of aliphatic hydroxyl groups excluding tert-OH is 1. The lowest BCUT2D eigenvalue weighted by Gasteiger charge is -2.18. The van der Waals surface area contributed by atoms with Crippen molar-refractivity contribution < 1.29 is 29.0 Å². The smallest absolute Gasteiger partial charge is 0.325 e. The van der Waals surface area contributed by atoms with E-state index in [2.05, 4.69) is 10.6 Å². The summed E-state index contributed by atoms with van der Waals surface area (Å²) < 4.78 is 15.3. The molecule has 0 aliphatic carbocycles. The molecule has 0 saturated heterocycles. The van der Waals surface area contributed by atoms with Gasteiger partial charge in [0.05, 0.1) is 36.4 Å². The van der Waals surface area contributed by atoms with Crippen molar-refractivity contribution in [3.63, 3.8) is 0 Å². The lowest BCUT2D eigenvalue weighted by Crippen LogP contribution is -2.43. The van der Waals surface area contributed by atoms with Gasteiger partial charge in [-0.05, 0) is 46.8 Å². The van der Waals surface area contributed by atoms with Crippen LogP contribution in [0.25, 0.3) is 45.1 Å². The highest BCUT2D eigenvalue weighted by molar-refractivity contribution is 6.39. The second kappa shape index (κ2) is 19.8. The van der Waals surface area contributed by atoms with Crippen LogP contribution in [0.4, 0.5) is 0 Å². The monoisotopic (exact) mass is 818 g/mol. The summed E-state index contributed by atoms with van der Waals surface area (Å²) in [6, 6.07) is 14.4. The van der Waals surface area contributed by atoms with E-state index in [-0.39, 0.29) is 37.8 Å². The number of benzene rings is 2. The number of halogens is 2. The van der Waals surface area contributed by atoms with Gasteiger partial charge < -0.3 is 43.6 Å². The maximum absolute atomic E-state index is 13.7. The Kier molecular flexibility index (Phi) is 14.9. The van der Waals surface area contributed by atoms with E-state index >= 15 is 0 Å². The summed E-state index contributed by atoms with van der Waals surface area (Å²) in [4.78, 5) is 50.8. The van der Waals surface area contributed by atoms with Crippen molar-refractivity contribution in [1.82, 2.24) is 29.1 Å². The molecule has 3 heterocycles. The molecule has 2 aromatic carbocycles. The fourth-order valence-electron chi connectivity index (χ4n) is 6.56. The van der Waals surface area contributed by atoms with Crippen LogP contribution in [-0.2, 0) is 30.4 Å². The number of fused-ring (bicyclic) bond motifs is 1. The second-order valence-electron chi connectivity index (χ2n) is 13.4. The molecule has 57 heavy (non-hydrogen) atoms. The number of nitrogens with zero attached hydrogens (tertiary/aromatic N) is 4. The Labute approximate surface area is 341 Å². The summed E-state index contributed by atoms with van der Waals surface area (Å²) >= 11 is 14.3. The SMILES string of the molecule is CCOC(=O)CNCCN(C=O)/C(C)=C\n1cc(-c2cccc(-c3cccc(-c4cc5c(=O)n(CCNC(CO)C(=O)OCC)c(C)cn5c4)c3Cl)c2Cl)cc1C. The lowest BCUT2D eigenvalue weighted by molar-refractivity contribution is -0.146. The molecule has 5 rings (SSSR count). The van der Waals surface area contributed by atoms with Crippen LogP contribution in [0.15, 0.2) is 77.6 Å². The van der Waals surface area contributed by atoms with Crippen LogP contribution in [0.3, 0.4) is 0 Å². The van der Waals surface area contributed by atoms with Crippen molar-refractivity contribution in [1.29, 1.82) is 0 Å². The van der Waals surface area contributed by atoms with Crippen LogP contribution in [0.1, 0.15) is 32.2 Å². The molecule has 1 atom stereocenters. The van der Waals surface area contributed by atoms with E-state index in [0.29, 0.717) is 46.6 Å². The minimum absolute atomic E-state index is 0.0689. The molecule has 0 aliphatic heterocycles. The largest absolute Gasteiger partial charge is 0.465 e. The van der Waals surface area contributed by atoms with Crippen molar-refractivity contribution >= 4 is 53.3 Å². The predicted molar refractivity (Wildman–Crippen MR) is 223 cm³/mol. The average Bonchev–Trinajstić information content (AvgIpc) is 3.77. The fourth-order valence-corrected chi connectivity index (χ4v) is 7.23. The maximum Gasteiger partial charge on any atom is 0.325 e. The Bertz CT molecular complexity index is 2330. The zero-order chi connectivity index (χ0) is 41.2. The number of aliphatic hydroxyl groups is 1. The van der Waals surface area contributed by atoms with Gasteiger partial charge in [0.25, 0.3) is 5.56 Å². The van der Waals surface area contributed by atoms with E-state index in [0.717, 1.165) is 45.5 Å². The Balaban J connectivity index is 1.37. The molecule has 13 nitrogen and oxygen atoms in total. The van der Waals surface area contributed by atoms with E-state index in [4.69, 9.17) is 32.7 Å². The number of nitrogens with one attached hydrogen (secondary N) is 2. The van der Waals surface area contributed by atoms with Crippen molar-refractivity contribution in [2.75, 3.05) is 46.0 Å². The van der Waals surface area contributed by atoms with Crippen LogP contribution in [-0.4, -0.2) is 93.9 Å². The minimum Gasteiger partial charge on any atom is -0.465 e. The van der Waals surface area contributed by atoms with Crippen LogP contribution in [0, 0.1) is 13.8 Å². The summed E-state index contributed by atoms with van der Waals surface area (Å²) in [5.74, 6) is -0.890. The fraction of sp³-hybridized carbons (Fsp3) is 0.333. The van der Waals surface area contributed by atoms with Gasteiger partial charge in [0.2, 0.25) is 6.41 Å². The molecule has 3 N–H and O–H groups in total. The van der Waals surface area contributed by atoms with E-state index in [1.807, 2.05) is 92.6 Å². The number of allylic oxidation sites excluding steroid dienone is 1. The van der Waals surface area contributed by atoms with Crippen molar-refractivity contribution in [2.45, 2.75) is 47.2 Å². The number of rotatable bonds is 19. The molecule has 5 aromatic rings. The van der Waals surface area contributed by atoms with E-state index in [1.165, 1.54) is 0 Å². The van der Waals surface area contributed by atoms with Crippen LogP contribution in [0.2, 0.25) is 10.0 Å². The van der Waals surface area contributed by atoms with Crippen molar-refractivity contribution in [3.8, 4) is 33.4 Å². The lowest BCUT2D eigenvalue weighted by atomic mass is 9.97. The number of aromatic nitrogens is 3. The molecule has 1 amide bonds. The number of ether oxygens (including phenoxy) is 2. The first kappa shape index (κ1) is 43.0. The van der Waals surface area contributed by atoms with Gasteiger partial charge in [-0.15, -0.1) is 0 Å². The number of amides is 1. The van der Waals surface area contributed by atoms with Gasteiger partial charge in [0, 0.05) is 101 Å². The van der Waals surface area contributed by atoms with E-state index in [1.54, 1.807) is 33.8 Å². The third kappa shape index (κ3) is 10.0. The Morgan fingerprint density at radius 1 is 0.895 bits per heavy atom. The number of hydrogen-bond donors (Lipinski definition) is 3. The van der Waals surface area contributed by atoms with Gasteiger partial charge in [-0.1, -0.05) is 59.6 Å². The normalized spacial score (nSPS) is 12.2. The molecule has 0 radical (unpaired) electrons. The Morgan fingerprint density at radius 3 is 2.14 bits per heavy atom. The van der Waals surface area contributed by atoms with Crippen LogP contribution < -0.4 is 16.2 Å². The molecule has 15 heteroatoms. The zero-order valence-electron chi connectivity index (χ0n) is 32.7. The summed E-state index contributed by atoms with van der Waals surface area (Å²) in [5.41, 5.74) is 7.19. The van der Waals surface area contributed by atoms with E-state index < -0.39 is 18.6 Å². The quantitative estimate of drug-likeness (QED) is 0.0537. The first-order chi connectivity index (χ1) is 27.4. The first-order valence-corrected chi connectivity index (χ1v) is 19.4. The molecule has 302 valence electrons. The third-order valence-electron chi connectivity index (χ3n) is 9.51. The molecular formula is C42H48Cl2N6O7. The summed E-state index contributed by atoms with van der Waals surface area (Å²) in [6.45, 7) is 10.6. The number of carbonyl (C=O) groups excluding carboxylic acids is 3. The summed E-state index contributed by atoms with van der Waals surface area (Å²) in [7, 11) is 0. The van der Waals surface area contributed by atoms with Crippen molar-refractivity contribution in [3.05, 3.63) is 105 Å². The maximum atomic E-state index is 13.7. The molecule has 1 unspecified atom stereocenters. The molecular weight excluding hydrogens is 771 g/mol. The molecule has 0 fully saturated rings. The van der Waals surface area contributed by atoms with Crippen molar-refractivity contribution in [2.24, 2.45) is 0 Å². The molecule has 3 aromatic heterocycles. The van der Waals surface area contributed by atoms with Crippen LogP contribution in [0.5, 0.6) is 0 Å². The topological polar surface area (TPSA) is 149 Å². The Hall–Kier alpha value is -5.18. The molecule has 0 aliphatic rings. The first-order valence-electron chi connectivity index (χ1n) is 18.7. The van der Waals surface area contributed by atoms with Gasteiger partial charge >= 0.3 is 11.9 Å². The number of esters is 2. The van der Waals surface area contributed by atoms with Gasteiger partial charge in [0.15, 0.2) is 0 Å². The predicted octanol–water partition coefficient (Wildman–Crippen LogP) is 5.77. The Morgan fingerprint density at radius 2 is 1.53 bits per heavy atom. The van der Waals surface area contributed by atoms with Gasteiger partial charge in [-0.2, -0.15) is 0 Å². The third-order valence-corrected chi connectivity index (χ3v) is 10.3. The molecule has 0 spiro atoms. The van der Waals surface area contributed by atoms with Gasteiger partial charge in [0.1, 0.15) is 11.6 Å². The second-order valence-corrected chi connectivity index (χ2v) is 14.1. The van der Waals surface area contributed by atoms with Gasteiger partial charge in [-0.3, -0.25) is 19.2 Å². The standard InChI is InChI=1S/C42H48Cl2N6O7/c1-6-56-38(53)20-45-14-16-47(26-52)28(4)21-48-23-30(18-27(48)3)32-10-8-12-34(39(32)43)35-13-9-11-33(40(35)44)31-19-37-41(54)50(29(5)22-49(37)24-31)17-15-46-36(25-51)42(55)57-7-2/h8-13,18-19,21-24,26,36,45-46,51H,6-7,14-17,20,25H2,1-5H3/b28-21-. The minimum atomic E-state index is -0.878. The average molecular weight is 820 g/mol. The molecule has 0 saturated carbocycles. The summed E-state index contributed by atoms with van der Waals surface area (Å²) in [6.07, 6.45) is 8.30. The number of carbonyl (C=O) groups is 3. The molecule has 0 bridgehead atoms. The highest BCUT2D eigenvalue weighted by Crippen LogP contribution is 2.43. The van der Waals surface area contributed by atoms with Gasteiger partial charge in [-0.25, -0.2) is 0 Å². The van der Waals surface area contributed by atoms with E-state index in [9.17, 15) is 24.3 Å².